The van der Waals surface area contributed by atoms with Gasteiger partial charge < -0.3 is 15.0 Å². The SMILES string of the molecule is CCOC(=O)[C@H]1C[C@]2(C(=O)Nc3ccccc32)[C@@H]2C=CC(C#N)=CN12. The number of hydrogen-bond donors (Lipinski definition) is 1. The minimum absolute atomic E-state index is 0.117. The third-order valence-electron chi connectivity index (χ3n) is 5.20. The first kappa shape index (κ1) is 15.5. The van der Waals surface area contributed by atoms with E-state index < -0.39 is 11.5 Å². The number of hydrogen-bond acceptors (Lipinski definition) is 5. The van der Waals surface area contributed by atoms with Gasteiger partial charge in [-0.25, -0.2) is 4.79 Å². The smallest absolute Gasteiger partial charge is 0.328 e. The number of carbonyl (C=O) groups excluding carboxylic acids is 2. The Labute approximate surface area is 145 Å². The summed E-state index contributed by atoms with van der Waals surface area (Å²) in [6, 6.07) is 8.73. The lowest BCUT2D eigenvalue weighted by atomic mass is 9.73. The number of carbonyl (C=O) groups is 2. The molecule has 6 nitrogen and oxygen atoms in total. The van der Waals surface area contributed by atoms with Crippen molar-refractivity contribution in [3.8, 4) is 6.07 Å². The summed E-state index contributed by atoms with van der Waals surface area (Å²) in [5.74, 6) is -0.487. The van der Waals surface area contributed by atoms with Crippen LogP contribution in [0.2, 0.25) is 0 Å². The van der Waals surface area contributed by atoms with Crippen LogP contribution in [0.15, 0.2) is 48.2 Å². The molecule has 0 unspecified atom stereocenters. The van der Waals surface area contributed by atoms with E-state index in [1.54, 1.807) is 24.1 Å². The van der Waals surface area contributed by atoms with Gasteiger partial charge in [0, 0.05) is 11.9 Å². The van der Waals surface area contributed by atoms with Crippen LogP contribution in [-0.4, -0.2) is 35.5 Å². The van der Waals surface area contributed by atoms with Gasteiger partial charge in [0.2, 0.25) is 5.91 Å². The van der Waals surface area contributed by atoms with Crippen LogP contribution in [0, 0.1) is 11.3 Å². The molecule has 0 radical (unpaired) electrons. The molecule has 1 spiro atoms. The first-order chi connectivity index (χ1) is 12.1. The monoisotopic (exact) mass is 335 g/mol. The van der Waals surface area contributed by atoms with E-state index in [4.69, 9.17) is 4.74 Å². The molecule has 4 rings (SSSR count). The molecule has 3 aliphatic rings. The largest absolute Gasteiger partial charge is 0.464 e. The van der Waals surface area contributed by atoms with Crippen LogP contribution in [0.5, 0.6) is 0 Å². The number of benzene rings is 1. The van der Waals surface area contributed by atoms with Gasteiger partial charge >= 0.3 is 5.97 Å². The summed E-state index contributed by atoms with van der Waals surface area (Å²) in [6.45, 7) is 2.03. The molecule has 6 heteroatoms. The fourth-order valence-corrected chi connectivity index (χ4v) is 4.16. The molecule has 0 saturated carbocycles. The van der Waals surface area contributed by atoms with E-state index in [0.29, 0.717) is 12.0 Å². The van der Waals surface area contributed by atoms with Crippen LogP contribution in [-0.2, 0) is 19.7 Å². The quantitative estimate of drug-likeness (QED) is 0.834. The lowest BCUT2D eigenvalue weighted by Crippen LogP contribution is -2.46. The van der Waals surface area contributed by atoms with E-state index >= 15 is 0 Å². The van der Waals surface area contributed by atoms with Gasteiger partial charge in [0.1, 0.15) is 17.5 Å². The van der Waals surface area contributed by atoms with Gasteiger partial charge in [-0.15, -0.1) is 0 Å². The van der Waals surface area contributed by atoms with Crippen molar-refractivity contribution in [2.75, 3.05) is 11.9 Å². The first-order valence-electron chi connectivity index (χ1n) is 8.27. The van der Waals surface area contributed by atoms with Crippen molar-refractivity contribution in [3.63, 3.8) is 0 Å². The van der Waals surface area contributed by atoms with Crippen LogP contribution < -0.4 is 5.32 Å². The molecule has 1 fully saturated rings. The highest BCUT2D eigenvalue weighted by Gasteiger charge is 2.61. The van der Waals surface area contributed by atoms with Crippen molar-refractivity contribution < 1.29 is 14.3 Å². The molecular weight excluding hydrogens is 318 g/mol. The molecule has 0 aromatic heterocycles. The van der Waals surface area contributed by atoms with E-state index in [0.717, 1.165) is 11.3 Å². The molecular formula is C19H17N3O3. The molecule has 126 valence electrons. The molecule has 0 bridgehead atoms. The van der Waals surface area contributed by atoms with Crippen LogP contribution >= 0.6 is 0 Å². The molecule has 1 saturated heterocycles. The molecule has 1 aromatic rings. The van der Waals surface area contributed by atoms with Crippen LogP contribution in [0.4, 0.5) is 5.69 Å². The van der Waals surface area contributed by atoms with E-state index in [1.807, 2.05) is 30.3 Å². The summed E-state index contributed by atoms with van der Waals surface area (Å²) in [6.07, 6.45) is 5.54. The Morgan fingerprint density at radius 3 is 3.04 bits per heavy atom. The number of nitrogens with one attached hydrogen (secondary N) is 1. The lowest BCUT2D eigenvalue weighted by molar-refractivity contribution is -0.147. The molecule has 3 aliphatic heterocycles. The van der Waals surface area contributed by atoms with Gasteiger partial charge in [-0.2, -0.15) is 5.26 Å². The number of amides is 1. The topological polar surface area (TPSA) is 82.4 Å². The van der Waals surface area contributed by atoms with Crippen molar-refractivity contribution in [2.45, 2.75) is 30.8 Å². The van der Waals surface area contributed by atoms with E-state index in [1.165, 1.54) is 0 Å². The summed E-state index contributed by atoms with van der Waals surface area (Å²) in [5.41, 5.74) is 1.26. The summed E-state index contributed by atoms with van der Waals surface area (Å²) in [7, 11) is 0. The fourth-order valence-electron chi connectivity index (χ4n) is 4.16. The van der Waals surface area contributed by atoms with Crippen molar-refractivity contribution in [1.82, 2.24) is 4.90 Å². The highest BCUT2D eigenvalue weighted by Crippen LogP contribution is 2.51. The minimum atomic E-state index is -0.859. The molecule has 3 heterocycles. The Kier molecular flexibility index (Phi) is 3.39. The van der Waals surface area contributed by atoms with Crippen LogP contribution in [0.3, 0.4) is 0 Å². The third-order valence-corrected chi connectivity index (χ3v) is 5.20. The summed E-state index contributed by atoms with van der Waals surface area (Å²) >= 11 is 0. The van der Waals surface area contributed by atoms with Gasteiger partial charge in [-0.05, 0) is 31.1 Å². The zero-order valence-corrected chi connectivity index (χ0v) is 13.7. The zero-order chi connectivity index (χ0) is 17.6. The molecule has 1 amide bonds. The molecule has 3 atom stereocenters. The minimum Gasteiger partial charge on any atom is -0.464 e. The Morgan fingerprint density at radius 2 is 2.28 bits per heavy atom. The molecule has 25 heavy (non-hydrogen) atoms. The third kappa shape index (κ3) is 2.02. The van der Waals surface area contributed by atoms with Gasteiger partial charge in [0.05, 0.1) is 18.2 Å². The van der Waals surface area contributed by atoms with Gasteiger partial charge in [0.25, 0.3) is 0 Å². The number of para-hydroxylation sites is 1. The van der Waals surface area contributed by atoms with E-state index in [2.05, 4.69) is 11.4 Å². The van der Waals surface area contributed by atoms with Crippen molar-refractivity contribution in [3.05, 3.63) is 53.8 Å². The lowest BCUT2D eigenvalue weighted by Gasteiger charge is -2.33. The van der Waals surface area contributed by atoms with E-state index in [9.17, 15) is 14.9 Å². The fraction of sp³-hybridized carbons (Fsp3) is 0.316. The standard InChI is InChI=1S/C19H17N3O3/c1-2-25-17(23)15-9-19(16-8-7-12(10-20)11-22(15)16)13-5-3-4-6-14(13)21-18(19)24/h3-8,11,15-16H,2,9H2,1H3,(H,21,24)/t15-,16+,19-/m1/s1. The van der Waals surface area contributed by atoms with Crippen molar-refractivity contribution in [2.24, 2.45) is 0 Å². The number of nitrogens with zero attached hydrogens (tertiary/aromatic N) is 2. The molecule has 1 aromatic carbocycles. The Morgan fingerprint density at radius 1 is 1.48 bits per heavy atom. The number of allylic oxidation sites excluding steroid dienone is 2. The number of rotatable bonds is 2. The number of esters is 1. The number of ether oxygens (including phenoxy) is 1. The second kappa shape index (κ2) is 5.49. The Balaban J connectivity index is 1.85. The van der Waals surface area contributed by atoms with Gasteiger partial charge in [-0.1, -0.05) is 24.3 Å². The van der Waals surface area contributed by atoms with Gasteiger partial charge in [-0.3, -0.25) is 4.79 Å². The maximum Gasteiger partial charge on any atom is 0.328 e. The second-order valence-corrected chi connectivity index (χ2v) is 6.39. The van der Waals surface area contributed by atoms with Crippen LogP contribution in [0.25, 0.3) is 0 Å². The average Bonchev–Trinajstić information content (AvgIpc) is 3.12. The number of anilines is 1. The number of fused-ring (bicyclic) bond motifs is 4. The normalized spacial score (nSPS) is 28.9. The average molecular weight is 335 g/mol. The molecule has 0 aliphatic carbocycles. The molecule has 1 N–H and O–H groups in total. The first-order valence-corrected chi connectivity index (χ1v) is 8.27. The van der Waals surface area contributed by atoms with Crippen molar-refractivity contribution >= 4 is 17.6 Å². The maximum absolute atomic E-state index is 13.0. The van der Waals surface area contributed by atoms with Crippen molar-refractivity contribution in [1.29, 1.82) is 5.26 Å². The van der Waals surface area contributed by atoms with Crippen LogP contribution in [0.1, 0.15) is 18.9 Å². The van der Waals surface area contributed by atoms with E-state index in [-0.39, 0.29) is 24.5 Å². The Bertz CT molecular complexity index is 867. The second-order valence-electron chi connectivity index (χ2n) is 6.39. The highest BCUT2D eigenvalue weighted by molar-refractivity contribution is 6.08. The number of nitriles is 1. The zero-order valence-electron chi connectivity index (χ0n) is 13.7. The maximum atomic E-state index is 13.0. The predicted molar refractivity (Wildman–Crippen MR) is 90.3 cm³/mol. The summed E-state index contributed by atoms with van der Waals surface area (Å²) in [4.78, 5) is 27.3. The Hall–Kier alpha value is -3.07. The summed E-state index contributed by atoms with van der Waals surface area (Å²) in [5, 5.41) is 12.2. The van der Waals surface area contributed by atoms with Gasteiger partial charge in [0.15, 0.2) is 0 Å². The summed E-state index contributed by atoms with van der Waals surface area (Å²) < 4.78 is 5.22. The predicted octanol–water partition coefficient (Wildman–Crippen LogP) is 1.86. The highest BCUT2D eigenvalue weighted by atomic mass is 16.5.